The van der Waals surface area contributed by atoms with Crippen LogP contribution in [0.3, 0.4) is 0 Å². The molecule has 5 nitrogen and oxygen atoms in total. The van der Waals surface area contributed by atoms with Crippen LogP contribution in [0.4, 0.5) is 0 Å². The fraction of sp³-hybridized carbons (Fsp3) is 0.591. The van der Waals surface area contributed by atoms with Gasteiger partial charge in [0.25, 0.3) is 5.56 Å². The highest BCUT2D eigenvalue weighted by Crippen LogP contribution is 2.31. The number of carbonyl (C=O) groups excluding carboxylic acids is 1. The number of piperidine rings is 1. The second-order valence-electron chi connectivity index (χ2n) is 8.25. The van der Waals surface area contributed by atoms with Gasteiger partial charge in [-0.3, -0.25) is 14.2 Å². The van der Waals surface area contributed by atoms with E-state index in [0.717, 1.165) is 50.7 Å². The van der Waals surface area contributed by atoms with Gasteiger partial charge in [0.15, 0.2) is 5.16 Å². The van der Waals surface area contributed by atoms with Gasteiger partial charge in [-0.05, 0) is 43.7 Å². The lowest BCUT2D eigenvalue weighted by Crippen LogP contribution is -2.40. The van der Waals surface area contributed by atoms with E-state index in [0.29, 0.717) is 22.2 Å². The van der Waals surface area contributed by atoms with Crippen molar-refractivity contribution in [1.29, 1.82) is 0 Å². The van der Waals surface area contributed by atoms with E-state index in [1.54, 1.807) is 0 Å². The first-order chi connectivity index (χ1) is 13.6. The zero-order valence-electron chi connectivity index (χ0n) is 16.6. The van der Waals surface area contributed by atoms with E-state index in [-0.39, 0.29) is 17.5 Å². The van der Waals surface area contributed by atoms with Crippen molar-refractivity contribution in [3.63, 3.8) is 0 Å². The smallest absolute Gasteiger partial charge is 0.262 e. The third-order valence-electron chi connectivity index (χ3n) is 6.05. The molecule has 150 valence electrons. The Balaban J connectivity index is 1.61. The average molecular weight is 400 g/mol. The summed E-state index contributed by atoms with van der Waals surface area (Å²) < 4.78 is 1.89. The first-order valence-electron chi connectivity index (χ1n) is 10.6. The molecule has 6 heteroatoms. The number of amides is 1. The van der Waals surface area contributed by atoms with Crippen molar-refractivity contribution in [3.8, 4) is 0 Å². The van der Waals surface area contributed by atoms with Crippen LogP contribution in [0.25, 0.3) is 10.9 Å². The third kappa shape index (κ3) is 4.12. The molecule has 2 fully saturated rings. The van der Waals surface area contributed by atoms with Crippen LogP contribution < -0.4 is 5.56 Å². The van der Waals surface area contributed by atoms with Crippen LogP contribution in [-0.2, 0) is 4.79 Å². The Bertz CT molecular complexity index is 904. The first kappa shape index (κ1) is 19.5. The van der Waals surface area contributed by atoms with E-state index in [4.69, 9.17) is 4.98 Å². The van der Waals surface area contributed by atoms with Gasteiger partial charge >= 0.3 is 0 Å². The molecule has 1 saturated carbocycles. The number of fused-ring (bicyclic) bond motifs is 1. The summed E-state index contributed by atoms with van der Waals surface area (Å²) in [5.74, 6) is 1.08. The molecular weight excluding hydrogens is 370 g/mol. The molecule has 1 aliphatic carbocycles. The second-order valence-corrected chi connectivity index (χ2v) is 9.20. The minimum atomic E-state index is 0.0408. The Morgan fingerprint density at radius 3 is 2.71 bits per heavy atom. The van der Waals surface area contributed by atoms with E-state index in [9.17, 15) is 9.59 Å². The summed E-state index contributed by atoms with van der Waals surface area (Å²) in [5.41, 5.74) is 0.764. The van der Waals surface area contributed by atoms with Crippen molar-refractivity contribution in [2.75, 3.05) is 18.8 Å². The highest BCUT2D eigenvalue weighted by atomic mass is 32.2. The fourth-order valence-electron chi connectivity index (χ4n) is 4.52. The van der Waals surface area contributed by atoms with Gasteiger partial charge in [-0.1, -0.05) is 50.1 Å². The number of rotatable bonds is 4. The number of nitrogens with zero attached hydrogens (tertiary/aromatic N) is 3. The monoisotopic (exact) mass is 399 g/mol. The van der Waals surface area contributed by atoms with Gasteiger partial charge in [0.1, 0.15) is 0 Å². The van der Waals surface area contributed by atoms with Crippen LogP contribution >= 0.6 is 11.8 Å². The molecule has 2 heterocycles. The Morgan fingerprint density at radius 2 is 1.93 bits per heavy atom. The summed E-state index contributed by atoms with van der Waals surface area (Å²) >= 11 is 1.43. The van der Waals surface area contributed by atoms with Crippen molar-refractivity contribution in [2.24, 2.45) is 5.92 Å². The molecule has 1 aliphatic heterocycles. The summed E-state index contributed by atoms with van der Waals surface area (Å²) in [6.07, 6.45) is 7.86. The molecule has 2 aliphatic rings. The Hall–Kier alpha value is -1.82. The normalized spacial score (nSPS) is 21.2. The topological polar surface area (TPSA) is 55.2 Å². The van der Waals surface area contributed by atoms with Gasteiger partial charge < -0.3 is 4.90 Å². The summed E-state index contributed by atoms with van der Waals surface area (Å²) in [6.45, 7) is 3.91. The largest absolute Gasteiger partial charge is 0.342 e. The molecule has 0 spiro atoms. The van der Waals surface area contributed by atoms with E-state index in [1.165, 1.54) is 24.6 Å². The summed E-state index contributed by atoms with van der Waals surface area (Å²) in [7, 11) is 0. The molecule has 0 N–H and O–H groups in total. The second kappa shape index (κ2) is 8.68. The zero-order chi connectivity index (χ0) is 19.5. The van der Waals surface area contributed by atoms with Crippen molar-refractivity contribution < 1.29 is 4.79 Å². The zero-order valence-corrected chi connectivity index (χ0v) is 17.4. The van der Waals surface area contributed by atoms with E-state index < -0.39 is 0 Å². The number of benzene rings is 1. The highest BCUT2D eigenvalue weighted by Gasteiger charge is 2.24. The van der Waals surface area contributed by atoms with Crippen LogP contribution in [0, 0.1) is 5.92 Å². The summed E-state index contributed by atoms with van der Waals surface area (Å²) in [4.78, 5) is 32.8. The molecular formula is C22H29N3O2S. The molecule has 1 saturated heterocycles. The number of para-hydroxylation sites is 1. The number of likely N-dealkylation sites (tertiary alicyclic amines) is 1. The number of thioether (sulfide) groups is 1. The van der Waals surface area contributed by atoms with Gasteiger partial charge in [-0.15, -0.1) is 0 Å². The van der Waals surface area contributed by atoms with Crippen molar-refractivity contribution in [2.45, 2.75) is 63.1 Å². The minimum Gasteiger partial charge on any atom is -0.342 e. The molecule has 1 aromatic heterocycles. The molecule has 28 heavy (non-hydrogen) atoms. The van der Waals surface area contributed by atoms with Crippen LogP contribution in [0.2, 0.25) is 0 Å². The lowest BCUT2D eigenvalue weighted by atomic mass is 9.95. The van der Waals surface area contributed by atoms with E-state index in [1.807, 2.05) is 33.7 Å². The lowest BCUT2D eigenvalue weighted by molar-refractivity contribution is -0.130. The Morgan fingerprint density at radius 1 is 1.14 bits per heavy atom. The quantitative estimate of drug-likeness (QED) is 0.570. The minimum absolute atomic E-state index is 0.0408. The van der Waals surface area contributed by atoms with Gasteiger partial charge in [0.05, 0.1) is 16.7 Å². The standard InChI is InChI=1S/C22H29N3O2S/c1-16-8-7-13-24(14-16)20(26)15-28-22-23-19-12-6-5-11-18(19)21(27)25(22)17-9-3-2-4-10-17/h5-6,11-12,16-17H,2-4,7-10,13-15H2,1H3/t16-/m0/s1. The summed E-state index contributed by atoms with van der Waals surface area (Å²) in [5, 5.41) is 1.38. The molecule has 1 amide bonds. The average Bonchev–Trinajstić information content (AvgIpc) is 2.73. The molecule has 1 aromatic carbocycles. The number of hydrogen-bond donors (Lipinski definition) is 0. The van der Waals surface area contributed by atoms with Crippen molar-refractivity contribution in [1.82, 2.24) is 14.5 Å². The molecule has 2 aromatic rings. The maximum Gasteiger partial charge on any atom is 0.262 e. The molecule has 0 radical (unpaired) electrons. The van der Waals surface area contributed by atoms with E-state index in [2.05, 4.69) is 6.92 Å². The number of aromatic nitrogens is 2. The lowest BCUT2D eigenvalue weighted by Gasteiger charge is -2.31. The van der Waals surface area contributed by atoms with Crippen LogP contribution in [0.1, 0.15) is 57.9 Å². The van der Waals surface area contributed by atoms with Crippen LogP contribution in [0.15, 0.2) is 34.2 Å². The van der Waals surface area contributed by atoms with Crippen LogP contribution in [0.5, 0.6) is 0 Å². The number of carbonyl (C=O) groups is 1. The summed E-state index contributed by atoms with van der Waals surface area (Å²) in [6, 6.07) is 7.75. The van der Waals surface area contributed by atoms with E-state index >= 15 is 0 Å². The first-order valence-corrected chi connectivity index (χ1v) is 11.5. The number of hydrogen-bond acceptors (Lipinski definition) is 4. The van der Waals surface area contributed by atoms with Gasteiger partial charge in [0.2, 0.25) is 5.91 Å². The fourth-order valence-corrected chi connectivity index (χ4v) is 5.49. The van der Waals surface area contributed by atoms with Gasteiger partial charge in [-0.25, -0.2) is 4.98 Å². The Labute approximate surface area is 170 Å². The molecule has 0 unspecified atom stereocenters. The predicted molar refractivity (Wildman–Crippen MR) is 114 cm³/mol. The molecule has 0 bridgehead atoms. The highest BCUT2D eigenvalue weighted by molar-refractivity contribution is 7.99. The molecule has 4 rings (SSSR count). The van der Waals surface area contributed by atoms with Crippen LogP contribution in [-0.4, -0.2) is 39.2 Å². The Kier molecular flexibility index (Phi) is 6.04. The van der Waals surface area contributed by atoms with Crippen molar-refractivity contribution >= 4 is 28.6 Å². The molecule has 1 atom stereocenters. The SMILES string of the molecule is C[C@H]1CCCN(C(=O)CSc2nc3ccccc3c(=O)n2C2CCCCC2)C1. The maximum atomic E-state index is 13.3. The van der Waals surface area contributed by atoms with Gasteiger partial charge in [-0.2, -0.15) is 0 Å². The predicted octanol–water partition coefficient (Wildman–Crippen LogP) is 4.25. The van der Waals surface area contributed by atoms with Crippen molar-refractivity contribution in [3.05, 3.63) is 34.6 Å². The van der Waals surface area contributed by atoms with Gasteiger partial charge in [0, 0.05) is 19.1 Å². The third-order valence-corrected chi connectivity index (χ3v) is 6.99. The maximum absolute atomic E-state index is 13.3.